The third kappa shape index (κ3) is 17.5. The number of aliphatic imine (C=N–C) groups is 2. The van der Waals surface area contributed by atoms with Gasteiger partial charge in [0, 0.05) is 49.2 Å². The van der Waals surface area contributed by atoms with Crippen molar-refractivity contribution in [2.45, 2.75) is 12.8 Å². The molecule has 0 saturated carbocycles. The van der Waals surface area contributed by atoms with Crippen LogP contribution in [0.1, 0.15) is 24.0 Å². The minimum absolute atomic E-state index is 0. The summed E-state index contributed by atoms with van der Waals surface area (Å²) in [6.07, 6.45) is 1.72. The molecule has 174 valence electrons. The monoisotopic (exact) mass is 574 g/mol. The smallest absolute Gasteiger partial charge is 0.858 e. The van der Waals surface area contributed by atoms with E-state index in [4.69, 9.17) is 9.79 Å². The van der Waals surface area contributed by atoms with Crippen molar-refractivity contribution < 1.29 is 158 Å². The minimum atomic E-state index is -4.61. The Morgan fingerprint density at radius 1 is 0.694 bits per heavy atom. The summed E-state index contributed by atoms with van der Waals surface area (Å²) in [5.74, 6) is -1.15. The molecule has 0 aromatic carbocycles. The van der Waals surface area contributed by atoms with Crippen LogP contribution in [0.4, 0.5) is 0 Å². The van der Waals surface area contributed by atoms with Gasteiger partial charge in [0.1, 0.15) is 6.16 Å². The van der Waals surface area contributed by atoms with Gasteiger partial charge in [-0.15, -0.1) is 0 Å². The molecule has 0 amide bonds. The van der Waals surface area contributed by atoms with Gasteiger partial charge in [-0.1, -0.05) is 12.1 Å². The number of aromatic nitrogens is 2. The first-order valence-corrected chi connectivity index (χ1v) is 12.9. The summed E-state index contributed by atoms with van der Waals surface area (Å²) >= 11 is 0. The van der Waals surface area contributed by atoms with Crippen molar-refractivity contribution in [1.29, 1.82) is 0 Å². The second-order valence-corrected chi connectivity index (χ2v) is 10.1. The molecule has 12 nitrogen and oxygen atoms in total. The molecular formula is C18H20N4Na4O8P2. The Bertz CT molecular complexity index is 867. The Hall–Kier alpha value is 1.86. The van der Waals surface area contributed by atoms with Crippen molar-refractivity contribution in [1.82, 2.24) is 9.97 Å². The zero-order chi connectivity index (χ0) is 23.8. The van der Waals surface area contributed by atoms with Crippen LogP contribution in [-0.2, 0) is 0 Å². The standard InChI is InChI=1S/C18H24N4O8P2.4Na/c23-17(19-7-1-9-31(25,26)27)13-3-5-15(21-11-13)16-6-4-14(12-22-16)18(24)20-8-2-10-32(28,29)30;;;;/h3-6,11-12H,1-2,7-10H2,(H,19,23)(H,20,24)(H2,25,26,27)(H2,28,29,30);;;;/q;4*+1/p-4. The number of rotatable bonds is 11. The van der Waals surface area contributed by atoms with Crippen LogP contribution in [0.5, 0.6) is 0 Å². The van der Waals surface area contributed by atoms with Crippen molar-refractivity contribution in [2.24, 2.45) is 9.98 Å². The van der Waals surface area contributed by atoms with E-state index in [0.29, 0.717) is 11.4 Å². The van der Waals surface area contributed by atoms with E-state index in [9.17, 15) is 29.8 Å². The molecule has 0 radical (unpaired) electrons. The zero-order valence-corrected chi connectivity index (χ0v) is 30.5. The topological polar surface area (TPSA) is 229 Å². The van der Waals surface area contributed by atoms with Crippen LogP contribution in [0, 0.1) is 0 Å². The normalized spacial score (nSPS) is 11.9. The van der Waals surface area contributed by atoms with E-state index in [1.807, 2.05) is 0 Å². The third-order valence-corrected chi connectivity index (χ3v) is 5.75. The van der Waals surface area contributed by atoms with Gasteiger partial charge in [0.25, 0.3) is 0 Å². The molecule has 2 N–H and O–H groups in total. The molecule has 2 aromatic heterocycles. The van der Waals surface area contributed by atoms with E-state index in [1.165, 1.54) is 36.7 Å². The Kier molecular flexibility index (Phi) is 24.3. The predicted molar refractivity (Wildman–Crippen MR) is 108 cm³/mol. The maximum absolute atomic E-state index is 12.0. The molecule has 36 heavy (non-hydrogen) atoms. The molecule has 0 unspecified atom stereocenters. The molecule has 18 heteroatoms. The van der Waals surface area contributed by atoms with Gasteiger partial charge in [-0.3, -0.25) is 9.97 Å². The first-order valence-electron chi connectivity index (χ1n) is 9.36. The predicted octanol–water partition coefficient (Wildman–Crippen LogP) is -15.9. The van der Waals surface area contributed by atoms with E-state index in [-0.39, 0.29) is 161 Å². The average molecular weight is 574 g/mol. The Balaban J connectivity index is -0.00000272. The van der Waals surface area contributed by atoms with Gasteiger partial charge in [-0.25, -0.2) is 9.79 Å². The van der Waals surface area contributed by atoms with Crippen molar-refractivity contribution in [3.8, 4) is 11.4 Å². The zero-order valence-electron chi connectivity index (χ0n) is 20.7. The van der Waals surface area contributed by atoms with Gasteiger partial charge >= 0.3 is 118 Å². The van der Waals surface area contributed by atoms with Gasteiger partial charge in [-0.05, 0) is 30.3 Å². The number of nitrogens with zero attached hydrogens (tertiary/aromatic N) is 4. The molecule has 0 aliphatic heterocycles. The number of hydrogen-bond acceptors (Lipinski definition) is 12. The van der Waals surface area contributed by atoms with E-state index in [0.717, 1.165) is 0 Å². The fourth-order valence-corrected chi connectivity index (χ4v) is 3.51. The van der Waals surface area contributed by atoms with E-state index < -0.39 is 33.8 Å². The summed E-state index contributed by atoms with van der Waals surface area (Å²) in [6.45, 7) is -0.0999. The summed E-state index contributed by atoms with van der Waals surface area (Å²) in [7, 11) is -8.72. The molecule has 0 saturated heterocycles. The van der Waals surface area contributed by atoms with Gasteiger partial charge in [-0.2, -0.15) is 7.94 Å². The van der Waals surface area contributed by atoms with E-state index >= 15 is 0 Å². The Labute approximate surface area is 298 Å². The number of pyridine rings is 2. The summed E-state index contributed by atoms with van der Waals surface area (Å²) in [6, 6.07) is 6.02. The van der Waals surface area contributed by atoms with Crippen molar-refractivity contribution in [3.05, 3.63) is 47.8 Å². The molecule has 0 atom stereocenters. The molecule has 0 aliphatic rings. The third-order valence-electron chi connectivity index (χ3n) is 3.99. The summed E-state index contributed by atoms with van der Waals surface area (Å²) in [5.41, 5.74) is 1.25. The molecule has 0 spiro atoms. The molecule has 2 rings (SSSR count). The maximum atomic E-state index is 12.0. The minimum Gasteiger partial charge on any atom is -0.858 e. The van der Waals surface area contributed by atoms with Crippen LogP contribution in [0.25, 0.3) is 11.4 Å². The molecule has 2 heterocycles. The SMILES string of the molecule is [Na+].[Na+].[Na+].[Na+].[O-]C(=NCCC[P+]([O-])([O-])[O-])c1ccc(-c2ccc(C([O-])=NCCC[P+]([O-])(O)O)cn2)nc1. The average Bonchev–Trinajstić information content (AvgIpc) is 2.73. The largest absolute Gasteiger partial charge is 1.00 e. The first-order chi connectivity index (χ1) is 14.9. The van der Waals surface area contributed by atoms with Crippen molar-refractivity contribution >= 4 is 27.7 Å². The second-order valence-electron chi connectivity index (χ2n) is 6.67. The van der Waals surface area contributed by atoms with Crippen LogP contribution in [0.3, 0.4) is 0 Å². The van der Waals surface area contributed by atoms with Crippen LogP contribution in [0.15, 0.2) is 46.6 Å². The molecular weight excluding hydrogens is 554 g/mol. The van der Waals surface area contributed by atoms with E-state index in [2.05, 4.69) is 20.0 Å². The summed E-state index contributed by atoms with van der Waals surface area (Å²) < 4.78 is 0. The molecule has 0 bridgehead atoms. The Morgan fingerprint density at radius 3 is 1.39 bits per heavy atom. The van der Waals surface area contributed by atoms with Crippen molar-refractivity contribution in [2.75, 3.05) is 25.4 Å². The van der Waals surface area contributed by atoms with Crippen molar-refractivity contribution in [3.63, 3.8) is 0 Å². The fourth-order valence-electron chi connectivity index (χ4n) is 2.43. The summed E-state index contributed by atoms with van der Waals surface area (Å²) in [4.78, 5) is 75.7. The van der Waals surface area contributed by atoms with Gasteiger partial charge in [0.15, 0.2) is 0 Å². The maximum Gasteiger partial charge on any atom is 1.00 e. The molecule has 0 aliphatic carbocycles. The van der Waals surface area contributed by atoms with Crippen LogP contribution in [0.2, 0.25) is 0 Å². The molecule has 2 aromatic rings. The van der Waals surface area contributed by atoms with Gasteiger partial charge in [0.05, 0.1) is 11.4 Å². The van der Waals surface area contributed by atoms with Crippen LogP contribution >= 0.6 is 15.9 Å². The van der Waals surface area contributed by atoms with Crippen LogP contribution < -0.4 is 148 Å². The molecule has 0 fully saturated rings. The Morgan fingerprint density at radius 2 is 1.08 bits per heavy atom. The second kappa shape index (κ2) is 20.7. The fraction of sp³-hybridized carbons (Fsp3) is 0.333. The number of hydrogen-bond donors (Lipinski definition) is 2. The summed E-state index contributed by atoms with van der Waals surface area (Å²) in [5, 5.41) is 23.9. The van der Waals surface area contributed by atoms with Crippen LogP contribution in [-0.4, -0.2) is 57.0 Å². The van der Waals surface area contributed by atoms with E-state index in [1.54, 1.807) is 0 Å². The quantitative estimate of drug-likeness (QED) is 0.0846. The van der Waals surface area contributed by atoms with Gasteiger partial charge < -0.3 is 39.8 Å². The van der Waals surface area contributed by atoms with Gasteiger partial charge in [0.2, 0.25) is 7.94 Å². The first kappa shape index (κ1) is 42.3.